The van der Waals surface area contributed by atoms with Crippen molar-refractivity contribution in [3.8, 4) is 17.0 Å². The predicted molar refractivity (Wildman–Crippen MR) is 91.5 cm³/mol. The summed E-state index contributed by atoms with van der Waals surface area (Å²) in [5.41, 5.74) is 1.81. The van der Waals surface area contributed by atoms with Crippen molar-refractivity contribution in [2.75, 3.05) is 7.11 Å². The maximum atomic E-state index is 12.4. The van der Waals surface area contributed by atoms with Gasteiger partial charge < -0.3 is 4.74 Å². The molecule has 0 N–H and O–H groups in total. The van der Waals surface area contributed by atoms with Gasteiger partial charge in [0.25, 0.3) is 0 Å². The van der Waals surface area contributed by atoms with Crippen LogP contribution in [0, 0.1) is 5.92 Å². The van der Waals surface area contributed by atoms with E-state index in [0.29, 0.717) is 5.16 Å². The summed E-state index contributed by atoms with van der Waals surface area (Å²) in [5, 5.41) is 0.741. The van der Waals surface area contributed by atoms with Crippen LogP contribution in [0.2, 0.25) is 0 Å². The van der Waals surface area contributed by atoms with E-state index in [2.05, 4.69) is 9.97 Å². The third-order valence-corrected chi connectivity index (χ3v) is 5.06. The third-order valence-electron chi connectivity index (χ3n) is 4.15. The summed E-state index contributed by atoms with van der Waals surface area (Å²) >= 11 is 1.18. The SMILES string of the molecule is COc1ccc(-c2ccnc(SC(=O)C3CCCCC3)n2)cc1. The van der Waals surface area contributed by atoms with E-state index in [1.807, 2.05) is 30.3 Å². The third kappa shape index (κ3) is 4.10. The van der Waals surface area contributed by atoms with Crippen molar-refractivity contribution >= 4 is 16.9 Å². The molecule has 5 heteroatoms. The normalized spacial score (nSPS) is 15.3. The summed E-state index contributed by atoms with van der Waals surface area (Å²) in [6.07, 6.45) is 7.28. The van der Waals surface area contributed by atoms with Crippen molar-refractivity contribution in [2.45, 2.75) is 37.3 Å². The lowest BCUT2D eigenvalue weighted by Crippen LogP contribution is -2.14. The molecule has 120 valence electrons. The first-order valence-corrected chi connectivity index (χ1v) is 8.77. The van der Waals surface area contributed by atoms with Crippen LogP contribution in [0.5, 0.6) is 5.75 Å². The van der Waals surface area contributed by atoms with E-state index in [0.717, 1.165) is 42.7 Å². The number of aromatic nitrogens is 2. The summed E-state index contributed by atoms with van der Waals surface area (Å²) in [6.45, 7) is 0. The molecule has 2 aromatic rings. The number of methoxy groups -OCH3 is 1. The lowest BCUT2D eigenvalue weighted by Gasteiger charge is -2.19. The van der Waals surface area contributed by atoms with Gasteiger partial charge in [-0.3, -0.25) is 4.79 Å². The highest BCUT2D eigenvalue weighted by atomic mass is 32.2. The van der Waals surface area contributed by atoms with E-state index in [1.54, 1.807) is 13.3 Å². The number of hydrogen-bond donors (Lipinski definition) is 0. The number of nitrogens with zero attached hydrogens (tertiary/aromatic N) is 2. The Hall–Kier alpha value is -1.88. The molecule has 4 nitrogen and oxygen atoms in total. The van der Waals surface area contributed by atoms with Crippen LogP contribution in [0.1, 0.15) is 32.1 Å². The van der Waals surface area contributed by atoms with Gasteiger partial charge in [-0.15, -0.1) is 0 Å². The van der Waals surface area contributed by atoms with E-state index >= 15 is 0 Å². The lowest BCUT2D eigenvalue weighted by molar-refractivity contribution is -0.115. The monoisotopic (exact) mass is 328 g/mol. The highest BCUT2D eigenvalue weighted by Crippen LogP contribution is 2.30. The Kier molecular flexibility index (Phi) is 5.28. The van der Waals surface area contributed by atoms with Crippen LogP contribution < -0.4 is 4.74 Å². The highest BCUT2D eigenvalue weighted by Gasteiger charge is 2.22. The van der Waals surface area contributed by atoms with Gasteiger partial charge in [0, 0.05) is 17.7 Å². The molecule has 0 unspecified atom stereocenters. The Labute approximate surface area is 140 Å². The largest absolute Gasteiger partial charge is 0.497 e. The average molecular weight is 328 g/mol. The van der Waals surface area contributed by atoms with Gasteiger partial charge in [-0.2, -0.15) is 0 Å². The van der Waals surface area contributed by atoms with Gasteiger partial charge >= 0.3 is 0 Å². The Bertz CT molecular complexity index is 667. The maximum Gasteiger partial charge on any atom is 0.199 e. The van der Waals surface area contributed by atoms with Gasteiger partial charge in [0.15, 0.2) is 10.3 Å². The number of ether oxygens (including phenoxy) is 1. The zero-order chi connectivity index (χ0) is 16.1. The van der Waals surface area contributed by atoms with Crippen molar-refractivity contribution < 1.29 is 9.53 Å². The molecule has 1 aromatic heterocycles. The minimum Gasteiger partial charge on any atom is -0.497 e. The summed E-state index contributed by atoms with van der Waals surface area (Å²) in [5.74, 6) is 0.979. The van der Waals surface area contributed by atoms with Gasteiger partial charge in [0.2, 0.25) is 0 Å². The van der Waals surface area contributed by atoms with Gasteiger partial charge in [0.05, 0.1) is 12.8 Å². The van der Waals surface area contributed by atoms with E-state index in [9.17, 15) is 4.79 Å². The van der Waals surface area contributed by atoms with Gasteiger partial charge in [0.1, 0.15) is 5.75 Å². The molecule has 1 aromatic carbocycles. The molecule has 0 bridgehead atoms. The summed E-state index contributed by atoms with van der Waals surface area (Å²) in [4.78, 5) is 21.1. The van der Waals surface area contributed by atoms with Crippen LogP contribution in [0.3, 0.4) is 0 Å². The van der Waals surface area contributed by atoms with Crippen LogP contribution in [-0.4, -0.2) is 22.2 Å². The van der Waals surface area contributed by atoms with Gasteiger partial charge in [-0.25, -0.2) is 9.97 Å². The van der Waals surface area contributed by atoms with Crippen molar-refractivity contribution in [1.29, 1.82) is 0 Å². The van der Waals surface area contributed by atoms with E-state index in [1.165, 1.54) is 18.2 Å². The molecule has 23 heavy (non-hydrogen) atoms. The van der Waals surface area contributed by atoms with E-state index < -0.39 is 0 Å². The van der Waals surface area contributed by atoms with Crippen LogP contribution in [0.15, 0.2) is 41.7 Å². The Morgan fingerprint density at radius 1 is 1.13 bits per heavy atom. The molecule has 1 fully saturated rings. The second kappa shape index (κ2) is 7.59. The summed E-state index contributed by atoms with van der Waals surface area (Å²) in [6, 6.07) is 9.57. The zero-order valence-electron chi connectivity index (χ0n) is 13.2. The topological polar surface area (TPSA) is 52.1 Å². The number of benzene rings is 1. The first-order chi connectivity index (χ1) is 11.3. The fraction of sp³-hybridized carbons (Fsp3) is 0.389. The smallest absolute Gasteiger partial charge is 0.199 e. The average Bonchev–Trinajstić information content (AvgIpc) is 2.63. The van der Waals surface area contributed by atoms with E-state index in [-0.39, 0.29) is 11.0 Å². The minimum atomic E-state index is 0.169. The number of carbonyl (C=O) groups is 1. The minimum absolute atomic E-state index is 0.169. The Morgan fingerprint density at radius 2 is 1.87 bits per heavy atom. The highest BCUT2D eigenvalue weighted by molar-refractivity contribution is 8.13. The van der Waals surface area contributed by atoms with Crippen molar-refractivity contribution in [3.63, 3.8) is 0 Å². The number of rotatable bonds is 4. The fourth-order valence-electron chi connectivity index (χ4n) is 2.82. The molecule has 1 aliphatic carbocycles. The molecule has 0 atom stereocenters. The zero-order valence-corrected chi connectivity index (χ0v) is 14.0. The molecule has 1 aliphatic rings. The van der Waals surface area contributed by atoms with Crippen LogP contribution >= 0.6 is 11.8 Å². The molecular formula is C18H20N2O2S. The number of hydrogen-bond acceptors (Lipinski definition) is 5. The van der Waals surface area contributed by atoms with Crippen LogP contribution in [0.4, 0.5) is 0 Å². The van der Waals surface area contributed by atoms with Crippen molar-refractivity contribution in [1.82, 2.24) is 9.97 Å². The van der Waals surface area contributed by atoms with Crippen molar-refractivity contribution in [2.24, 2.45) is 5.92 Å². The summed E-state index contributed by atoms with van der Waals surface area (Å²) < 4.78 is 5.17. The molecule has 0 aliphatic heterocycles. The van der Waals surface area contributed by atoms with Gasteiger partial charge in [-0.05, 0) is 54.9 Å². The molecule has 0 spiro atoms. The molecular weight excluding hydrogens is 308 g/mol. The number of carbonyl (C=O) groups excluding carboxylic acids is 1. The van der Waals surface area contributed by atoms with Crippen LogP contribution in [0.25, 0.3) is 11.3 Å². The molecule has 1 saturated carbocycles. The molecule has 1 heterocycles. The predicted octanol–water partition coefficient (Wildman–Crippen LogP) is 4.35. The maximum absolute atomic E-state index is 12.4. The summed E-state index contributed by atoms with van der Waals surface area (Å²) in [7, 11) is 1.64. The lowest BCUT2D eigenvalue weighted by atomic mass is 9.90. The molecule has 0 radical (unpaired) electrons. The Balaban J connectivity index is 1.72. The van der Waals surface area contributed by atoms with Gasteiger partial charge in [-0.1, -0.05) is 19.3 Å². The molecule has 0 amide bonds. The van der Waals surface area contributed by atoms with Crippen molar-refractivity contribution in [3.05, 3.63) is 36.5 Å². The quantitative estimate of drug-likeness (QED) is 0.617. The second-order valence-corrected chi connectivity index (χ2v) is 6.68. The Morgan fingerprint density at radius 3 is 2.57 bits per heavy atom. The second-order valence-electron chi connectivity index (χ2n) is 5.71. The van der Waals surface area contributed by atoms with E-state index in [4.69, 9.17) is 4.74 Å². The van der Waals surface area contributed by atoms with Crippen LogP contribution in [-0.2, 0) is 4.79 Å². The molecule has 3 rings (SSSR count). The first-order valence-electron chi connectivity index (χ1n) is 7.95. The fourth-order valence-corrected chi connectivity index (χ4v) is 3.66. The number of thioether (sulfide) groups is 1. The molecule has 0 saturated heterocycles. The first kappa shape index (κ1) is 16.0. The standard InChI is InChI=1S/C18H20N2O2S/c1-22-15-9-7-13(8-10-15)16-11-12-19-18(20-16)23-17(21)14-5-3-2-4-6-14/h7-12,14H,2-6H2,1H3.